The molecule has 1 amide bonds. The van der Waals surface area contributed by atoms with Gasteiger partial charge in [0.15, 0.2) is 11.5 Å². The van der Waals surface area contributed by atoms with Crippen molar-refractivity contribution in [3.05, 3.63) is 59.7 Å². The van der Waals surface area contributed by atoms with Crippen LogP contribution in [-0.2, 0) is 9.47 Å². The summed E-state index contributed by atoms with van der Waals surface area (Å²) in [5.74, 6) is -0.231. The van der Waals surface area contributed by atoms with Gasteiger partial charge in [0.05, 0.1) is 24.9 Å². The standard InChI is InChI=1S/C26H31F2NO5/c1-3-32-20-16-22(18-7-5-4-6-8-18)34-26(17-20)11-13-29(14-12-26)24(30)19-9-10-21(31-2)23(15-19)33-25(27)28/h4-10,15,20,22,25H,3,11-14,16-17H2,1-2H3. The third kappa shape index (κ3) is 5.50. The van der Waals surface area contributed by atoms with Crippen molar-refractivity contribution in [3.63, 3.8) is 0 Å². The summed E-state index contributed by atoms with van der Waals surface area (Å²) in [6, 6.07) is 14.5. The Kier molecular flexibility index (Phi) is 7.68. The van der Waals surface area contributed by atoms with Gasteiger partial charge in [-0.2, -0.15) is 8.78 Å². The largest absolute Gasteiger partial charge is 0.493 e. The summed E-state index contributed by atoms with van der Waals surface area (Å²) in [4.78, 5) is 14.9. The third-order valence-corrected chi connectivity index (χ3v) is 6.63. The van der Waals surface area contributed by atoms with Gasteiger partial charge < -0.3 is 23.8 Å². The minimum absolute atomic E-state index is 0.0515. The zero-order valence-corrected chi connectivity index (χ0v) is 19.5. The Morgan fingerprint density at radius 2 is 1.88 bits per heavy atom. The number of amides is 1. The molecular formula is C26H31F2NO5. The number of alkyl halides is 2. The van der Waals surface area contributed by atoms with E-state index in [0.29, 0.717) is 32.5 Å². The molecule has 0 aliphatic carbocycles. The third-order valence-electron chi connectivity index (χ3n) is 6.63. The van der Waals surface area contributed by atoms with Crippen LogP contribution in [0.3, 0.4) is 0 Å². The van der Waals surface area contributed by atoms with E-state index in [-0.39, 0.29) is 40.8 Å². The second-order valence-electron chi connectivity index (χ2n) is 8.75. The minimum atomic E-state index is -3.01. The number of rotatable bonds is 7. The molecule has 2 atom stereocenters. The van der Waals surface area contributed by atoms with Crippen LogP contribution < -0.4 is 9.47 Å². The number of piperidine rings is 1. The van der Waals surface area contributed by atoms with Gasteiger partial charge in [0.2, 0.25) is 0 Å². The monoisotopic (exact) mass is 475 g/mol. The lowest BCUT2D eigenvalue weighted by atomic mass is 9.80. The normalized spacial score (nSPS) is 22.1. The molecule has 0 bridgehead atoms. The van der Waals surface area contributed by atoms with E-state index in [2.05, 4.69) is 16.9 Å². The highest BCUT2D eigenvalue weighted by atomic mass is 19.3. The number of hydrogen-bond acceptors (Lipinski definition) is 5. The van der Waals surface area contributed by atoms with Crippen LogP contribution in [0.4, 0.5) is 8.78 Å². The van der Waals surface area contributed by atoms with Crippen molar-refractivity contribution >= 4 is 5.91 Å². The first-order chi connectivity index (χ1) is 16.4. The van der Waals surface area contributed by atoms with Crippen molar-refractivity contribution in [1.29, 1.82) is 0 Å². The number of nitrogens with zero attached hydrogens (tertiary/aromatic N) is 1. The fourth-order valence-corrected chi connectivity index (χ4v) is 4.99. The van der Waals surface area contributed by atoms with Gasteiger partial charge in [-0.25, -0.2) is 0 Å². The number of methoxy groups -OCH3 is 1. The van der Waals surface area contributed by atoms with E-state index in [1.807, 2.05) is 25.1 Å². The molecule has 1 spiro atoms. The Balaban J connectivity index is 1.46. The Hall–Kier alpha value is -2.71. The topological polar surface area (TPSA) is 57.2 Å². The maximum Gasteiger partial charge on any atom is 0.387 e. The van der Waals surface area contributed by atoms with Crippen molar-refractivity contribution < 1.29 is 32.5 Å². The van der Waals surface area contributed by atoms with Gasteiger partial charge in [-0.1, -0.05) is 30.3 Å². The lowest BCUT2D eigenvalue weighted by Crippen LogP contribution is -2.52. The lowest BCUT2D eigenvalue weighted by Gasteiger charge is -2.48. The summed E-state index contributed by atoms with van der Waals surface area (Å²) in [5.41, 5.74) is 1.06. The van der Waals surface area contributed by atoms with Crippen molar-refractivity contribution in [2.45, 2.75) is 57.0 Å². The Labute approximate surface area is 198 Å². The first-order valence-electron chi connectivity index (χ1n) is 11.7. The summed E-state index contributed by atoms with van der Waals surface area (Å²) in [6.07, 6.45) is 3.01. The Morgan fingerprint density at radius 1 is 1.15 bits per heavy atom. The highest BCUT2D eigenvalue weighted by Crippen LogP contribution is 2.44. The van der Waals surface area contributed by atoms with Gasteiger partial charge in [-0.3, -0.25) is 4.79 Å². The number of carbonyl (C=O) groups excluding carboxylic acids is 1. The van der Waals surface area contributed by atoms with Gasteiger partial charge in [-0.15, -0.1) is 0 Å². The fraction of sp³-hybridized carbons (Fsp3) is 0.500. The second-order valence-corrected chi connectivity index (χ2v) is 8.75. The van der Waals surface area contributed by atoms with Gasteiger partial charge >= 0.3 is 6.61 Å². The van der Waals surface area contributed by atoms with E-state index in [1.165, 1.54) is 19.2 Å². The first kappa shape index (κ1) is 24.4. The van der Waals surface area contributed by atoms with Crippen LogP contribution in [0.25, 0.3) is 0 Å². The van der Waals surface area contributed by atoms with Crippen molar-refractivity contribution in [2.24, 2.45) is 0 Å². The number of hydrogen-bond donors (Lipinski definition) is 0. The molecule has 2 fully saturated rings. The van der Waals surface area contributed by atoms with Crippen LogP contribution in [0.2, 0.25) is 0 Å². The maximum absolute atomic E-state index is 13.1. The lowest BCUT2D eigenvalue weighted by molar-refractivity contribution is -0.190. The Bertz CT molecular complexity index is 963. The van der Waals surface area contributed by atoms with Crippen LogP contribution in [0, 0.1) is 0 Å². The van der Waals surface area contributed by atoms with Gasteiger partial charge in [-0.05, 0) is 43.5 Å². The van der Waals surface area contributed by atoms with Crippen LogP contribution in [0.1, 0.15) is 54.6 Å². The van der Waals surface area contributed by atoms with Crippen LogP contribution in [0.15, 0.2) is 48.5 Å². The number of likely N-dealkylation sites (tertiary alicyclic amines) is 1. The van der Waals surface area contributed by atoms with E-state index < -0.39 is 6.61 Å². The van der Waals surface area contributed by atoms with E-state index in [9.17, 15) is 13.6 Å². The summed E-state index contributed by atoms with van der Waals surface area (Å²) in [5, 5.41) is 0. The Morgan fingerprint density at radius 3 is 2.53 bits per heavy atom. The smallest absolute Gasteiger partial charge is 0.387 e. The molecule has 8 heteroatoms. The van der Waals surface area contributed by atoms with Crippen molar-refractivity contribution in [1.82, 2.24) is 4.90 Å². The number of benzene rings is 2. The minimum Gasteiger partial charge on any atom is -0.493 e. The molecule has 0 radical (unpaired) electrons. The van der Waals surface area contributed by atoms with Gasteiger partial charge in [0, 0.05) is 38.1 Å². The number of ether oxygens (including phenoxy) is 4. The second kappa shape index (κ2) is 10.7. The molecule has 0 N–H and O–H groups in total. The SMILES string of the molecule is CCOC1CC(c2ccccc2)OC2(CCN(C(=O)c3ccc(OC)c(OC(F)F)c3)CC2)C1. The molecule has 2 unspecified atom stereocenters. The molecule has 184 valence electrons. The molecule has 2 aromatic carbocycles. The predicted molar refractivity (Wildman–Crippen MR) is 122 cm³/mol. The molecule has 2 aliphatic rings. The van der Waals surface area contributed by atoms with E-state index in [4.69, 9.17) is 14.2 Å². The van der Waals surface area contributed by atoms with Gasteiger partial charge in [0.25, 0.3) is 5.91 Å². The molecule has 2 heterocycles. The van der Waals surface area contributed by atoms with E-state index >= 15 is 0 Å². The van der Waals surface area contributed by atoms with E-state index in [0.717, 1.165) is 18.4 Å². The molecule has 2 aliphatic heterocycles. The summed E-state index contributed by atoms with van der Waals surface area (Å²) < 4.78 is 47.8. The molecular weight excluding hydrogens is 444 g/mol. The highest BCUT2D eigenvalue weighted by molar-refractivity contribution is 5.95. The predicted octanol–water partition coefficient (Wildman–Crippen LogP) is 5.23. The van der Waals surface area contributed by atoms with Crippen molar-refractivity contribution in [3.8, 4) is 11.5 Å². The molecule has 0 saturated carbocycles. The van der Waals surface area contributed by atoms with Crippen LogP contribution in [-0.4, -0.2) is 55.9 Å². The molecule has 6 nitrogen and oxygen atoms in total. The molecule has 0 aromatic heterocycles. The molecule has 4 rings (SSSR count). The summed E-state index contributed by atoms with van der Waals surface area (Å²) in [7, 11) is 1.36. The zero-order valence-electron chi connectivity index (χ0n) is 19.5. The fourth-order valence-electron chi connectivity index (χ4n) is 4.99. The number of halogens is 2. The molecule has 2 aromatic rings. The van der Waals surface area contributed by atoms with E-state index in [1.54, 1.807) is 11.0 Å². The van der Waals surface area contributed by atoms with Crippen LogP contribution in [0.5, 0.6) is 11.5 Å². The molecule has 34 heavy (non-hydrogen) atoms. The number of carbonyl (C=O) groups is 1. The van der Waals surface area contributed by atoms with Gasteiger partial charge in [0.1, 0.15) is 0 Å². The quantitative estimate of drug-likeness (QED) is 0.549. The maximum atomic E-state index is 13.1. The zero-order chi connectivity index (χ0) is 24.1. The van der Waals surface area contributed by atoms with Crippen LogP contribution >= 0.6 is 0 Å². The molecule has 2 saturated heterocycles. The average Bonchev–Trinajstić information content (AvgIpc) is 2.84. The average molecular weight is 476 g/mol. The first-order valence-corrected chi connectivity index (χ1v) is 11.7. The summed E-state index contributed by atoms with van der Waals surface area (Å²) in [6.45, 7) is 0.662. The van der Waals surface area contributed by atoms with Crippen molar-refractivity contribution in [2.75, 3.05) is 26.8 Å². The summed E-state index contributed by atoms with van der Waals surface area (Å²) >= 11 is 0. The highest BCUT2D eigenvalue weighted by Gasteiger charge is 2.45.